The zero-order valence-corrected chi connectivity index (χ0v) is 19.9. The number of pyridine rings is 1. The molecule has 0 radical (unpaired) electrons. The average Bonchev–Trinajstić information content (AvgIpc) is 3.30. The van der Waals surface area contributed by atoms with Crippen LogP contribution in [0.5, 0.6) is 5.75 Å². The van der Waals surface area contributed by atoms with E-state index in [4.69, 9.17) is 17.0 Å². The fraction of sp³-hybridized carbons (Fsp3) is 0.200. The molecule has 2 aromatic carbocycles. The second-order valence-electron chi connectivity index (χ2n) is 7.69. The van der Waals surface area contributed by atoms with Gasteiger partial charge in [0.15, 0.2) is 5.11 Å². The van der Waals surface area contributed by atoms with Crippen molar-refractivity contribution in [1.82, 2.24) is 9.88 Å². The molecule has 0 fully saturated rings. The lowest BCUT2D eigenvalue weighted by atomic mass is 10.0. The maximum absolute atomic E-state index is 12.9. The summed E-state index contributed by atoms with van der Waals surface area (Å²) in [5, 5.41) is 6.92. The Hall–Kier alpha value is -3.16. The zero-order valence-electron chi connectivity index (χ0n) is 18.3. The highest BCUT2D eigenvalue weighted by Crippen LogP contribution is 2.21. The van der Waals surface area contributed by atoms with Gasteiger partial charge in [0.25, 0.3) is 5.56 Å². The molecular weight excluding hydrogens is 438 g/mol. The molecule has 32 heavy (non-hydrogen) atoms. The molecule has 2 aromatic heterocycles. The second-order valence-corrected chi connectivity index (χ2v) is 9.11. The van der Waals surface area contributed by atoms with E-state index in [1.165, 1.54) is 4.88 Å². The van der Waals surface area contributed by atoms with Gasteiger partial charge in [-0.2, -0.15) is 0 Å². The van der Waals surface area contributed by atoms with E-state index in [-0.39, 0.29) is 5.56 Å². The van der Waals surface area contributed by atoms with E-state index in [1.807, 2.05) is 60.5 Å². The number of anilines is 1. The van der Waals surface area contributed by atoms with Gasteiger partial charge in [0.1, 0.15) is 5.75 Å². The van der Waals surface area contributed by atoms with Crippen LogP contribution in [-0.4, -0.2) is 22.1 Å². The highest BCUT2D eigenvalue weighted by Gasteiger charge is 2.15. The highest BCUT2D eigenvalue weighted by molar-refractivity contribution is 7.80. The highest BCUT2D eigenvalue weighted by atomic mass is 32.1. The van der Waals surface area contributed by atoms with Crippen molar-refractivity contribution in [3.63, 3.8) is 0 Å². The van der Waals surface area contributed by atoms with E-state index in [1.54, 1.807) is 18.4 Å². The molecule has 5 nitrogen and oxygen atoms in total. The van der Waals surface area contributed by atoms with Crippen molar-refractivity contribution in [2.24, 2.45) is 0 Å². The monoisotopic (exact) mass is 463 g/mol. The summed E-state index contributed by atoms with van der Waals surface area (Å²) in [4.78, 5) is 19.2. The number of hydrogen-bond acceptors (Lipinski definition) is 4. The van der Waals surface area contributed by atoms with Crippen LogP contribution in [0.25, 0.3) is 10.9 Å². The van der Waals surface area contributed by atoms with Gasteiger partial charge in [0.2, 0.25) is 0 Å². The first-order chi connectivity index (χ1) is 15.4. The molecule has 164 valence electrons. The standard InChI is InChI=1S/C25H25N3O2S2/c1-16-6-7-18-13-19(24(29)27-23(18)17(16)2)14-28(15-22-5-4-12-32-22)25(31)26-20-8-10-21(30-3)11-9-20/h4-13H,14-15H2,1-3H3,(H,26,31)(H,27,29). The maximum atomic E-state index is 12.9. The minimum Gasteiger partial charge on any atom is -0.497 e. The number of aromatic amines is 1. The SMILES string of the molecule is COc1ccc(NC(=S)N(Cc2cccs2)Cc2cc3ccc(C)c(C)c3[nH]c2=O)cc1. The zero-order chi connectivity index (χ0) is 22.7. The number of methoxy groups -OCH3 is 1. The first kappa shape index (κ1) is 22.0. The fourth-order valence-electron chi connectivity index (χ4n) is 3.56. The van der Waals surface area contributed by atoms with Gasteiger partial charge in [0, 0.05) is 16.1 Å². The molecule has 2 N–H and O–H groups in total. The van der Waals surface area contributed by atoms with Gasteiger partial charge in [-0.05, 0) is 84.4 Å². The number of hydrogen-bond donors (Lipinski definition) is 2. The van der Waals surface area contributed by atoms with Crippen LogP contribution >= 0.6 is 23.6 Å². The predicted molar refractivity (Wildman–Crippen MR) is 137 cm³/mol. The number of benzene rings is 2. The third-order valence-corrected chi connectivity index (χ3v) is 6.77. The van der Waals surface area contributed by atoms with E-state index in [0.717, 1.165) is 33.5 Å². The van der Waals surface area contributed by atoms with Crippen LogP contribution in [0.2, 0.25) is 0 Å². The van der Waals surface area contributed by atoms with Crippen molar-refractivity contribution < 1.29 is 4.74 Å². The van der Waals surface area contributed by atoms with Crippen molar-refractivity contribution in [2.75, 3.05) is 12.4 Å². The predicted octanol–water partition coefficient (Wildman–Crippen LogP) is 5.61. The van der Waals surface area contributed by atoms with Crippen LogP contribution < -0.4 is 15.6 Å². The molecular formula is C25H25N3O2S2. The fourth-order valence-corrected chi connectivity index (χ4v) is 4.53. The lowest BCUT2D eigenvalue weighted by Crippen LogP contribution is -2.35. The van der Waals surface area contributed by atoms with Gasteiger partial charge in [-0.25, -0.2) is 0 Å². The van der Waals surface area contributed by atoms with Gasteiger partial charge < -0.3 is 19.9 Å². The Labute approximate surface area is 196 Å². The van der Waals surface area contributed by atoms with Crippen molar-refractivity contribution >= 4 is 45.3 Å². The molecule has 0 aliphatic rings. The number of ether oxygens (including phenoxy) is 1. The summed E-state index contributed by atoms with van der Waals surface area (Å²) >= 11 is 7.41. The molecule has 7 heteroatoms. The van der Waals surface area contributed by atoms with Gasteiger partial charge in [0.05, 0.1) is 25.7 Å². The minimum atomic E-state index is -0.0883. The summed E-state index contributed by atoms with van der Waals surface area (Å²) < 4.78 is 5.23. The van der Waals surface area contributed by atoms with Crippen LogP contribution in [0.4, 0.5) is 5.69 Å². The van der Waals surface area contributed by atoms with Gasteiger partial charge >= 0.3 is 0 Å². The summed E-state index contributed by atoms with van der Waals surface area (Å²) in [6, 6.07) is 17.8. The molecule has 0 unspecified atom stereocenters. The second kappa shape index (κ2) is 9.54. The Bertz CT molecular complexity index is 1300. The molecule has 4 aromatic rings. The van der Waals surface area contributed by atoms with E-state index in [9.17, 15) is 4.79 Å². The van der Waals surface area contributed by atoms with Gasteiger partial charge in [-0.15, -0.1) is 11.3 Å². The Morgan fingerprint density at radius 1 is 1.12 bits per heavy atom. The van der Waals surface area contributed by atoms with Crippen LogP contribution in [-0.2, 0) is 13.1 Å². The third kappa shape index (κ3) is 4.84. The van der Waals surface area contributed by atoms with Crippen LogP contribution in [0.15, 0.2) is 64.8 Å². The van der Waals surface area contributed by atoms with Crippen LogP contribution in [0.1, 0.15) is 21.6 Å². The number of nitrogens with one attached hydrogen (secondary N) is 2. The molecule has 0 spiro atoms. The Morgan fingerprint density at radius 2 is 1.91 bits per heavy atom. The number of fused-ring (bicyclic) bond motifs is 1. The van der Waals surface area contributed by atoms with E-state index in [2.05, 4.69) is 28.5 Å². The number of H-pyrrole nitrogens is 1. The first-order valence-corrected chi connectivity index (χ1v) is 11.6. The smallest absolute Gasteiger partial charge is 0.253 e. The van der Waals surface area contributed by atoms with E-state index in [0.29, 0.717) is 23.8 Å². The Balaban J connectivity index is 1.63. The topological polar surface area (TPSA) is 57.4 Å². The van der Waals surface area contributed by atoms with Crippen molar-refractivity contribution in [3.05, 3.63) is 91.9 Å². The number of aryl methyl sites for hydroxylation is 2. The molecule has 2 heterocycles. The normalized spacial score (nSPS) is 10.8. The summed E-state index contributed by atoms with van der Waals surface area (Å²) in [6.45, 7) is 5.10. The number of thiophene rings is 1. The lowest BCUT2D eigenvalue weighted by Gasteiger charge is -2.25. The molecule has 0 amide bonds. The Morgan fingerprint density at radius 3 is 2.59 bits per heavy atom. The van der Waals surface area contributed by atoms with Crippen LogP contribution in [0.3, 0.4) is 0 Å². The summed E-state index contributed by atoms with van der Waals surface area (Å²) in [7, 11) is 1.64. The number of rotatable bonds is 6. The van der Waals surface area contributed by atoms with Crippen molar-refractivity contribution in [1.29, 1.82) is 0 Å². The lowest BCUT2D eigenvalue weighted by molar-refractivity contribution is 0.414. The number of aromatic nitrogens is 1. The van der Waals surface area contributed by atoms with Crippen LogP contribution in [0, 0.1) is 13.8 Å². The Kier molecular flexibility index (Phi) is 6.58. The van der Waals surface area contributed by atoms with Crippen molar-refractivity contribution in [2.45, 2.75) is 26.9 Å². The average molecular weight is 464 g/mol. The molecule has 0 saturated carbocycles. The molecule has 0 bridgehead atoms. The first-order valence-electron chi connectivity index (χ1n) is 10.3. The largest absolute Gasteiger partial charge is 0.497 e. The maximum Gasteiger partial charge on any atom is 0.253 e. The van der Waals surface area contributed by atoms with Crippen molar-refractivity contribution in [3.8, 4) is 5.75 Å². The third-order valence-electron chi connectivity index (χ3n) is 5.54. The summed E-state index contributed by atoms with van der Waals surface area (Å²) in [5.74, 6) is 0.783. The molecule has 0 saturated heterocycles. The number of nitrogens with zero attached hydrogens (tertiary/aromatic N) is 1. The molecule has 0 atom stereocenters. The quantitative estimate of drug-likeness (QED) is 0.364. The summed E-state index contributed by atoms with van der Waals surface area (Å²) in [5.41, 5.74) is 4.60. The molecule has 0 aliphatic heterocycles. The van der Waals surface area contributed by atoms with Gasteiger partial charge in [-0.1, -0.05) is 18.2 Å². The summed E-state index contributed by atoms with van der Waals surface area (Å²) in [6.07, 6.45) is 0. The van der Waals surface area contributed by atoms with E-state index < -0.39 is 0 Å². The molecule has 0 aliphatic carbocycles. The van der Waals surface area contributed by atoms with E-state index >= 15 is 0 Å². The number of thiocarbonyl (C=S) groups is 1. The minimum absolute atomic E-state index is 0.0883. The van der Waals surface area contributed by atoms with Gasteiger partial charge in [-0.3, -0.25) is 4.79 Å². The molecule has 4 rings (SSSR count).